The zero-order chi connectivity index (χ0) is 13.8. The average Bonchev–Trinajstić information content (AvgIpc) is 3.20. The minimum absolute atomic E-state index is 0.00805. The third kappa shape index (κ3) is 4.31. The number of quaternary nitrogens is 1. The summed E-state index contributed by atoms with van der Waals surface area (Å²) in [7, 11) is 1.75. The van der Waals surface area contributed by atoms with Crippen LogP contribution in [0.1, 0.15) is 19.8 Å². The molecule has 5 nitrogen and oxygen atoms in total. The van der Waals surface area contributed by atoms with Gasteiger partial charge in [0.25, 0.3) is 0 Å². The zero-order valence-electron chi connectivity index (χ0n) is 11.5. The highest BCUT2D eigenvalue weighted by molar-refractivity contribution is 5.90. The van der Waals surface area contributed by atoms with E-state index < -0.39 is 6.23 Å². The highest BCUT2D eigenvalue weighted by atomic mass is 16.3. The first kappa shape index (κ1) is 14.0. The van der Waals surface area contributed by atoms with Gasteiger partial charge in [0.1, 0.15) is 5.69 Å². The Kier molecular flexibility index (Phi) is 4.52. The van der Waals surface area contributed by atoms with Crippen molar-refractivity contribution in [3.63, 3.8) is 0 Å². The van der Waals surface area contributed by atoms with E-state index in [1.807, 2.05) is 29.6 Å². The number of benzene rings is 1. The molecule has 1 heterocycles. The van der Waals surface area contributed by atoms with Gasteiger partial charge in [-0.05, 0) is 18.6 Å². The van der Waals surface area contributed by atoms with Crippen molar-refractivity contribution < 1.29 is 15.2 Å². The molecule has 0 radical (unpaired) electrons. The van der Waals surface area contributed by atoms with Crippen LogP contribution in [0.2, 0.25) is 0 Å². The monoisotopic (exact) mass is 264 g/mol. The molecule has 1 saturated heterocycles. The van der Waals surface area contributed by atoms with Gasteiger partial charge in [0, 0.05) is 50.8 Å². The number of nitrogens with two attached hydrogens (primary N) is 1. The zero-order valence-corrected chi connectivity index (χ0v) is 11.5. The van der Waals surface area contributed by atoms with Gasteiger partial charge in [-0.3, -0.25) is 10.1 Å². The molecule has 1 fully saturated rings. The standard InChI is InChI=1S/C14H21N3O2/c1-10(18)17(2)13-6-3-11(4-7-13)16-14(19)8-5-12-9-15-12/h3-4,6-7,12,14-16,19H,5,8-9H2,1-2H3/p+1. The van der Waals surface area contributed by atoms with E-state index in [4.69, 9.17) is 0 Å². The molecule has 2 rings (SSSR count). The fourth-order valence-electron chi connectivity index (χ4n) is 1.96. The average molecular weight is 264 g/mol. The van der Waals surface area contributed by atoms with Gasteiger partial charge in [-0.1, -0.05) is 0 Å². The van der Waals surface area contributed by atoms with Crippen LogP contribution in [0.15, 0.2) is 24.3 Å². The second-order valence-electron chi connectivity index (χ2n) is 5.09. The number of carbonyl (C=O) groups excluding carboxylic acids is 1. The maximum atomic E-state index is 11.2. The normalized spacial score (nSPS) is 19.0. The predicted molar refractivity (Wildman–Crippen MR) is 74.1 cm³/mol. The summed E-state index contributed by atoms with van der Waals surface area (Å²) in [5, 5.41) is 15.0. The van der Waals surface area contributed by atoms with E-state index >= 15 is 0 Å². The molecule has 4 N–H and O–H groups in total. The Bertz CT molecular complexity index is 429. The number of anilines is 1. The Morgan fingerprint density at radius 1 is 1.53 bits per heavy atom. The van der Waals surface area contributed by atoms with Crippen LogP contribution in [0.3, 0.4) is 0 Å². The predicted octanol–water partition coefficient (Wildman–Crippen LogP) is -0.0654. The maximum Gasteiger partial charge on any atom is 0.223 e. The fraction of sp³-hybridized carbons (Fsp3) is 0.500. The van der Waals surface area contributed by atoms with E-state index in [1.54, 1.807) is 11.9 Å². The number of rotatable bonds is 6. The molecule has 19 heavy (non-hydrogen) atoms. The van der Waals surface area contributed by atoms with Crippen LogP contribution in [0.4, 0.5) is 11.4 Å². The molecule has 2 unspecified atom stereocenters. The maximum absolute atomic E-state index is 11.2. The Morgan fingerprint density at radius 2 is 2.16 bits per heavy atom. The van der Waals surface area contributed by atoms with Crippen LogP contribution in [0.5, 0.6) is 0 Å². The van der Waals surface area contributed by atoms with E-state index in [2.05, 4.69) is 5.32 Å². The van der Waals surface area contributed by atoms with Crippen molar-refractivity contribution in [1.82, 2.24) is 5.32 Å². The van der Waals surface area contributed by atoms with Crippen LogP contribution in [0.25, 0.3) is 0 Å². The summed E-state index contributed by atoms with van der Waals surface area (Å²) in [6, 6.07) is 8.24. The molecule has 1 aliphatic rings. The van der Waals surface area contributed by atoms with E-state index in [-0.39, 0.29) is 5.91 Å². The van der Waals surface area contributed by atoms with Gasteiger partial charge in [0.2, 0.25) is 5.91 Å². The molecule has 1 amide bonds. The fourth-order valence-corrected chi connectivity index (χ4v) is 1.96. The van der Waals surface area contributed by atoms with E-state index in [0.29, 0.717) is 6.04 Å². The first-order valence-electron chi connectivity index (χ1n) is 6.67. The smallest absolute Gasteiger partial charge is 0.223 e. The molecule has 0 saturated carbocycles. The van der Waals surface area contributed by atoms with Gasteiger partial charge in [-0.15, -0.1) is 0 Å². The van der Waals surface area contributed by atoms with Gasteiger partial charge < -0.3 is 15.3 Å². The highest BCUT2D eigenvalue weighted by Gasteiger charge is 2.21. The molecule has 1 aliphatic heterocycles. The summed E-state index contributed by atoms with van der Waals surface area (Å²) in [6.45, 7) is 2.62. The van der Waals surface area contributed by atoms with Gasteiger partial charge in [0.05, 0.1) is 0 Å². The summed E-state index contributed by atoms with van der Waals surface area (Å²) in [5.41, 5.74) is 1.85. The molecular weight excluding hydrogens is 242 g/mol. The lowest BCUT2D eigenvalue weighted by Crippen LogP contribution is -2.84. The number of nitrogens with zero attached hydrogens (tertiary/aromatic N) is 1. The van der Waals surface area contributed by atoms with Gasteiger partial charge in [0.15, 0.2) is 6.23 Å². The second-order valence-corrected chi connectivity index (χ2v) is 5.09. The van der Waals surface area contributed by atoms with E-state index in [0.717, 1.165) is 30.8 Å². The third-order valence-corrected chi connectivity index (χ3v) is 3.44. The molecule has 0 aromatic heterocycles. The van der Waals surface area contributed by atoms with E-state index in [1.165, 1.54) is 6.92 Å². The largest absolute Gasteiger partial charge is 0.345 e. The summed E-state index contributed by atoms with van der Waals surface area (Å²) in [6.07, 6.45) is 1.40. The van der Waals surface area contributed by atoms with Crippen LogP contribution < -0.4 is 15.5 Å². The topological polar surface area (TPSA) is 79.1 Å². The minimum atomic E-state index is -0.404. The summed E-state index contributed by atoms with van der Waals surface area (Å²) in [5.74, 6) is 0.00805. The lowest BCUT2D eigenvalue weighted by molar-refractivity contribution is -0.653. The van der Waals surface area contributed by atoms with Gasteiger partial charge in [-0.25, -0.2) is 0 Å². The molecular formula is C14H22N3O2+. The lowest BCUT2D eigenvalue weighted by Gasteiger charge is -2.15. The minimum Gasteiger partial charge on any atom is -0.345 e. The quantitative estimate of drug-likeness (QED) is 0.382. The summed E-state index contributed by atoms with van der Waals surface area (Å²) in [4.78, 5) is 12.8. The van der Waals surface area contributed by atoms with Crippen molar-refractivity contribution in [3.8, 4) is 0 Å². The molecule has 5 heteroatoms. The Hall–Kier alpha value is -1.43. The molecule has 0 aliphatic carbocycles. The van der Waals surface area contributed by atoms with Crippen LogP contribution in [0, 0.1) is 0 Å². The summed E-state index contributed by atoms with van der Waals surface area (Å²) >= 11 is 0. The van der Waals surface area contributed by atoms with Crippen molar-refractivity contribution in [2.24, 2.45) is 0 Å². The Morgan fingerprint density at radius 3 is 2.68 bits per heavy atom. The number of aliphatic hydroxyl groups is 1. The number of hydrogen-bond acceptors (Lipinski definition) is 3. The second kappa shape index (κ2) is 6.14. The van der Waals surface area contributed by atoms with Crippen LogP contribution in [-0.2, 0) is 4.79 Å². The SMILES string of the molecule is CC(=O)N(C)c1ccc([NH2+]C(O)CCC2CN2)cc1. The molecule has 0 spiro atoms. The lowest BCUT2D eigenvalue weighted by atomic mass is 10.2. The molecule has 2 atom stereocenters. The number of aliphatic hydroxyl groups excluding tert-OH is 1. The number of nitrogens with one attached hydrogen (secondary N) is 1. The van der Waals surface area contributed by atoms with Crippen molar-refractivity contribution >= 4 is 17.3 Å². The number of amides is 1. The molecule has 0 bridgehead atoms. The first-order chi connectivity index (χ1) is 9.06. The van der Waals surface area contributed by atoms with Crippen molar-refractivity contribution in [2.45, 2.75) is 32.0 Å². The highest BCUT2D eigenvalue weighted by Crippen LogP contribution is 2.14. The van der Waals surface area contributed by atoms with Crippen LogP contribution in [-0.4, -0.2) is 36.9 Å². The van der Waals surface area contributed by atoms with Gasteiger partial charge >= 0.3 is 0 Å². The third-order valence-electron chi connectivity index (χ3n) is 3.44. The van der Waals surface area contributed by atoms with Crippen LogP contribution >= 0.6 is 0 Å². The van der Waals surface area contributed by atoms with Crippen molar-refractivity contribution in [3.05, 3.63) is 24.3 Å². The number of carbonyl (C=O) groups is 1. The molecule has 104 valence electrons. The Balaban J connectivity index is 1.84. The first-order valence-corrected chi connectivity index (χ1v) is 6.67. The number of hydrogen-bond donors (Lipinski definition) is 3. The molecule has 1 aromatic carbocycles. The summed E-state index contributed by atoms with van der Waals surface area (Å²) < 4.78 is 0. The van der Waals surface area contributed by atoms with Crippen molar-refractivity contribution in [1.29, 1.82) is 0 Å². The Labute approximate surface area is 113 Å². The van der Waals surface area contributed by atoms with E-state index in [9.17, 15) is 9.90 Å². The van der Waals surface area contributed by atoms with Crippen molar-refractivity contribution in [2.75, 3.05) is 18.5 Å². The molecule has 1 aromatic rings. The van der Waals surface area contributed by atoms with Gasteiger partial charge in [-0.2, -0.15) is 0 Å².